The van der Waals surface area contributed by atoms with E-state index < -0.39 is 6.04 Å². The van der Waals surface area contributed by atoms with Crippen LogP contribution in [-0.4, -0.2) is 17.9 Å². The summed E-state index contributed by atoms with van der Waals surface area (Å²) in [6.45, 7) is 0. The van der Waals surface area contributed by atoms with Gasteiger partial charge in [-0.3, -0.25) is 9.59 Å². The summed E-state index contributed by atoms with van der Waals surface area (Å²) >= 11 is 3.15. The van der Waals surface area contributed by atoms with Crippen molar-refractivity contribution in [3.63, 3.8) is 0 Å². The summed E-state index contributed by atoms with van der Waals surface area (Å²) in [6.07, 6.45) is 0.853. The van der Waals surface area contributed by atoms with Gasteiger partial charge in [0.15, 0.2) is 0 Å². The summed E-state index contributed by atoms with van der Waals surface area (Å²) in [5.74, 6) is -0.796. The SMILES string of the molecule is O=C1CC[C@H](C(=O)Nc2ccc(F)cc2Br)N1. The van der Waals surface area contributed by atoms with Crippen LogP contribution >= 0.6 is 15.9 Å². The lowest BCUT2D eigenvalue weighted by atomic mass is 10.2. The number of benzene rings is 1. The molecule has 1 aromatic rings. The lowest BCUT2D eigenvalue weighted by Crippen LogP contribution is -2.37. The molecule has 1 atom stereocenters. The maximum atomic E-state index is 12.8. The average molecular weight is 301 g/mol. The van der Waals surface area contributed by atoms with Gasteiger partial charge in [0.2, 0.25) is 11.8 Å². The predicted octanol–water partition coefficient (Wildman–Crippen LogP) is 1.81. The normalized spacial score (nSPS) is 18.9. The molecule has 6 heteroatoms. The number of anilines is 1. The second-order valence-electron chi connectivity index (χ2n) is 3.77. The number of carbonyl (C=O) groups is 2. The molecule has 0 bridgehead atoms. The summed E-state index contributed by atoms with van der Waals surface area (Å²) in [6, 6.07) is 3.49. The molecule has 0 saturated carbocycles. The molecular weight excluding hydrogens is 291 g/mol. The van der Waals surface area contributed by atoms with E-state index in [9.17, 15) is 14.0 Å². The first-order chi connectivity index (χ1) is 8.06. The maximum Gasteiger partial charge on any atom is 0.246 e. The predicted molar refractivity (Wildman–Crippen MR) is 63.9 cm³/mol. The van der Waals surface area contributed by atoms with E-state index in [1.165, 1.54) is 18.2 Å². The van der Waals surface area contributed by atoms with E-state index in [1.807, 2.05) is 0 Å². The minimum Gasteiger partial charge on any atom is -0.344 e. The maximum absolute atomic E-state index is 12.8. The average Bonchev–Trinajstić information content (AvgIpc) is 2.69. The van der Waals surface area contributed by atoms with Gasteiger partial charge in [-0.05, 0) is 40.5 Å². The number of carbonyl (C=O) groups excluding carboxylic acids is 2. The van der Waals surface area contributed by atoms with Crippen LogP contribution in [0.3, 0.4) is 0 Å². The van der Waals surface area contributed by atoms with Crippen LogP contribution < -0.4 is 10.6 Å². The van der Waals surface area contributed by atoms with Crippen molar-refractivity contribution in [3.8, 4) is 0 Å². The highest BCUT2D eigenvalue weighted by atomic mass is 79.9. The number of hydrogen-bond acceptors (Lipinski definition) is 2. The molecule has 1 fully saturated rings. The van der Waals surface area contributed by atoms with Crippen LogP contribution in [0, 0.1) is 5.82 Å². The Bertz CT molecular complexity index is 479. The Balaban J connectivity index is 2.05. The van der Waals surface area contributed by atoms with Crippen LogP contribution in [0.4, 0.5) is 10.1 Å². The Morgan fingerprint density at radius 1 is 1.53 bits per heavy atom. The van der Waals surface area contributed by atoms with E-state index in [1.54, 1.807) is 0 Å². The van der Waals surface area contributed by atoms with Crippen LogP contribution in [-0.2, 0) is 9.59 Å². The summed E-state index contributed by atoms with van der Waals surface area (Å²) < 4.78 is 13.3. The quantitative estimate of drug-likeness (QED) is 0.875. The molecule has 2 N–H and O–H groups in total. The molecular formula is C11H10BrFN2O2. The van der Waals surface area contributed by atoms with Crippen molar-refractivity contribution in [1.29, 1.82) is 0 Å². The third-order valence-corrected chi connectivity index (χ3v) is 3.16. The molecule has 1 saturated heterocycles. The number of amides is 2. The fraction of sp³-hybridized carbons (Fsp3) is 0.273. The molecule has 1 heterocycles. The molecule has 17 heavy (non-hydrogen) atoms. The third kappa shape index (κ3) is 2.82. The van der Waals surface area contributed by atoms with Crippen molar-refractivity contribution in [3.05, 3.63) is 28.5 Å². The molecule has 1 aromatic carbocycles. The molecule has 0 aliphatic carbocycles. The fourth-order valence-corrected chi connectivity index (χ4v) is 2.07. The molecule has 0 radical (unpaired) electrons. The molecule has 1 aliphatic rings. The highest BCUT2D eigenvalue weighted by molar-refractivity contribution is 9.10. The summed E-state index contributed by atoms with van der Waals surface area (Å²) in [4.78, 5) is 22.7. The first-order valence-electron chi connectivity index (χ1n) is 5.11. The minimum atomic E-state index is -0.501. The van der Waals surface area contributed by atoms with E-state index in [0.29, 0.717) is 23.0 Å². The monoisotopic (exact) mass is 300 g/mol. The number of hydrogen-bond donors (Lipinski definition) is 2. The topological polar surface area (TPSA) is 58.2 Å². The second kappa shape index (κ2) is 4.83. The van der Waals surface area contributed by atoms with Crippen LogP contribution in [0.25, 0.3) is 0 Å². The van der Waals surface area contributed by atoms with Crippen molar-refractivity contribution < 1.29 is 14.0 Å². The zero-order valence-electron chi connectivity index (χ0n) is 8.80. The first kappa shape index (κ1) is 12.0. The Morgan fingerprint density at radius 3 is 2.88 bits per heavy atom. The van der Waals surface area contributed by atoms with E-state index >= 15 is 0 Å². The van der Waals surface area contributed by atoms with E-state index in [-0.39, 0.29) is 17.6 Å². The van der Waals surface area contributed by atoms with Gasteiger partial charge in [-0.2, -0.15) is 0 Å². The van der Waals surface area contributed by atoms with Crippen molar-refractivity contribution in [2.75, 3.05) is 5.32 Å². The van der Waals surface area contributed by atoms with Crippen molar-refractivity contribution in [2.45, 2.75) is 18.9 Å². The lowest BCUT2D eigenvalue weighted by Gasteiger charge is -2.12. The molecule has 0 aromatic heterocycles. The zero-order valence-corrected chi connectivity index (χ0v) is 10.4. The Kier molecular flexibility index (Phi) is 3.42. The number of rotatable bonds is 2. The Morgan fingerprint density at radius 2 is 2.29 bits per heavy atom. The van der Waals surface area contributed by atoms with Crippen LogP contribution in [0.5, 0.6) is 0 Å². The summed E-state index contributed by atoms with van der Waals surface area (Å²) in [5, 5.41) is 5.20. The largest absolute Gasteiger partial charge is 0.344 e. The fourth-order valence-electron chi connectivity index (χ4n) is 1.62. The lowest BCUT2D eigenvalue weighted by molar-refractivity contribution is -0.122. The van der Waals surface area contributed by atoms with Gasteiger partial charge in [0.05, 0.1) is 5.69 Å². The molecule has 1 aliphatic heterocycles. The second-order valence-corrected chi connectivity index (χ2v) is 4.63. The molecule has 90 valence electrons. The Labute approximate surface area is 106 Å². The van der Waals surface area contributed by atoms with Gasteiger partial charge in [-0.15, -0.1) is 0 Å². The van der Waals surface area contributed by atoms with Gasteiger partial charge in [-0.1, -0.05) is 0 Å². The summed E-state index contributed by atoms with van der Waals surface area (Å²) in [7, 11) is 0. The number of halogens is 2. The van der Waals surface area contributed by atoms with Crippen LogP contribution in [0.1, 0.15) is 12.8 Å². The third-order valence-electron chi connectivity index (χ3n) is 2.50. The van der Waals surface area contributed by atoms with Gasteiger partial charge in [-0.25, -0.2) is 4.39 Å². The van der Waals surface area contributed by atoms with Gasteiger partial charge >= 0.3 is 0 Å². The van der Waals surface area contributed by atoms with E-state index in [4.69, 9.17) is 0 Å². The smallest absolute Gasteiger partial charge is 0.246 e. The van der Waals surface area contributed by atoms with Crippen molar-refractivity contribution >= 4 is 33.4 Å². The number of nitrogens with one attached hydrogen (secondary N) is 2. The van der Waals surface area contributed by atoms with E-state index in [0.717, 1.165) is 0 Å². The van der Waals surface area contributed by atoms with Gasteiger partial charge in [0.25, 0.3) is 0 Å². The van der Waals surface area contributed by atoms with Gasteiger partial charge < -0.3 is 10.6 Å². The first-order valence-corrected chi connectivity index (χ1v) is 5.91. The highest BCUT2D eigenvalue weighted by Crippen LogP contribution is 2.23. The van der Waals surface area contributed by atoms with Crippen molar-refractivity contribution in [1.82, 2.24) is 5.32 Å². The molecule has 4 nitrogen and oxygen atoms in total. The molecule has 2 rings (SSSR count). The van der Waals surface area contributed by atoms with Crippen LogP contribution in [0.15, 0.2) is 22.7 Å². The molecule has 0 spiro atoms. The zero-order chi connectivity index (χ0) is 12.4. The summed E-state index contributed by atoms with van der Waals surface area (Å²) in [5.41, 5.74) is 0.484. The highest BCUT2D eigenvalue weighted by Gasteiger charge is 2.27. The van der Waals surface area contributed by atoms with E-state index in [2.05, 4.69) is 26.6 Å². The van der Waals surface area contributed by atoms with Gasteiger partial charge in [0, 0.05) is 10.9 Å². The van der Waals surface area contributed by atoms with Crippen LogP contribution in [0.2, 0.25) is 0 Å². The standard InChI is InChI=1S/C11H10BrFN2O2/c12-7-5-6(13)1-2-8(7)15-11(17)9-3-4-10(16)14-9/h1-2,5,9H,3-4H2,(H,14,16)(H,15,17)/t9-/m1/s1. The minimum absolute atomic E-state index is 0.122. The molecule has 0 unspecified atom stereocenters. The van der Waals surface area contributed by atoms with Gasteiger partial charge in [0.1, 0.15) is 11.9 Å². The Hall–Kier alpha value is -1.43. The molecule has 2 amide bonds. The van der Waals surface area contributed by atoms with Crippen molar-refractivity contribution in [2.24, 2.45) is 0 Å².